The molecule has 2 aliphatic rings. The molecule has 1 aromatic rings. The average Bonchev–Trinajstić information content (AvgIpc) is 3.20. The SMILES string of the molecule is C=CCN1C(=O)CC[C@@H]2[C@H]1CCN2Cc1cccs1.O=C(O)C(F)(F)F. The number of piperidine rings is 1. The summed E-state index contributed by atoms with van der Waals surface area (Å²) in [5.74, 6) is -2.45. The van der Waals surface area contributed by atoms with Gasteiger partial charge in [-0.15, -0.1) is 17.9 Å². The molecule has 5 nitrogen and oxygen atoms in total. The van der Waals surface area contributed by atoms with Gasteiger partial charge in [-0.05, 0) is 24.3 Å². The number of alkyl halides is 3. The fourth-order valence-corrected chi connectivity index (χ4v) is 4.14. The van der Waals surface area contributed by atoms with Gasteiger partial charge >= 0.3 is 12.1 Å². The predicted octanol–water partition coefficient (Wildman–Crippen LogP) is 3.13. The van der Waals surface area contributed by atoms with Crippen LogP contribution in [0.25, 0.3) is 0 Å². The maximum atomic E-state index is 12.0. The van der Waals surface area contributed by atoms with Gasteiger partial charge in [0.2, 0.25) is 5.91 Å². The number of amides is 1. The average molecular weight is 390 g/mol. The van der Waals surface area contributed by atoms with E-state index >= 15 is 0 Å². The molecule has 2 saturated heterocycles. The van der Waals surface area contributed by atoms with E-state index in [4.69, 9.17) is 9.90 Å². The lowest BCUT2D eigenvalue weighted by Crippen LogP contribution is -2.52. The molecule has 144 valence electrons. The summed E-state index contributed by atoms with van der Waals surface area (Å²) in [5.41, 5.74) is 0. The Morgan fingerprint density at radius 1 is 1.38 bits per heavy atom. The lowest BCUT2D eigenvalue weighted by molar-refractivity contribution is -0.192. The van der Waals surface area contributed by atoms with Crippen LogP contribution in [0.2, 0.25) is 0 Å². The molecule has 0 unspecified atom stereocenters. The summed E-state index contributed by atoms with van der Waals surface area (Å²) in [6.07, 6.45) is -0.420. The number of carbonyl (C=O) groups excluding carboxylic acids is 1. The second-order valence-corrected chi connectivity index (χ2v) is 7.18. The van der Waals surface area contributed by atoms with Gasteiger partial charge in [0.05, 0.1) is 0 Å². The van der Waals surface area contributed by atoms with Gasteiger partial charge in [-0.3, -0.25) is 9.69 Å². The smallest absolute Gasteiger partial charge is 0.475 e. The van der Waals surface area contributed by atoms with E-state index in [1.54, 1.807) is 0 Å². The summed E-state index contributed by atoms with van der Waals surface area (Å²) in [4.78, 5) is 26.9. The lowest BCUT2D eigenvalue weighted by atomic mass is 9.96. The predicted molar refractivity (Wildman–Crippen MR) is 91.8 cm³/mol. The number of hydrogen-bond donors (Lipinski definition) is 1. The third-order valence-corrected chi connectivity index (χ3v) is 5.37. The Labute approximate surface area is 153 Å². The maximum Gasteiger partial charge on any atom is 0.490 e. The van der Waals surface area contributed by atoms with Gasteiger partial charge in [0, 0.05) is 43.0 Å². The minimum Gasteiger partial charge on any atom is -0.475 e. The van der Waals surface area contributed by atoms with Gasteiger partial charge in [-0.2, -0.15) is 13.2 Å². The van der Waals surface area contributed by atoms with E-state index in [0.29, 0.717) is 31.0 Å². The first-order valence-corrected chi connectivity index (χ1v) is 9.09. The van der Waals surface area contributed by atoms with Crippen LogP contribution in [-0.4, -0.2) is 58.1 Å². The number of carboxylic acids is 1. The van der Waals surface area contributed by atoms with Crippen LogP contribution >= 0.6 is 11.3 Å². The van der Waals surface area contributed by atoms with Crippen molar-refractivity contribution in [2.24, 2.45) is 0 Å². The highest BCUT2D eigenvalue weighted by Crippen LogP contribution is 2.32. The third-order valence-electron chi connectivity index (χ3n) is 4.51. The Hall–Kier alpha value is -1.87. The van der Waals surface area contributed by atoms with Crippen LogP contribution < -0.4 is 0 Å². The first-order chi connectivity index (χ1) is 12.2. The summed E-state index contributed by atoms with van der Waals surface area (Å²) < 4.78 is 31.7. The number of carboxylic acid groups (broad SMARTS) is 1. The van der Waals surface area contributed by atoms with Crippen LogP contribution in [0.1, 0.15) is 24.1 Å². The van der Waals surface area contributed by atoms with E-state index in [0.717, 1.165) is 25.9 Å². The molecule has 2 aliphatic heterocycles. The second-order valence-electron chi connectivity index (χ2n) is 6.15. The van der Waals surface area contributed by atoms with Crippen LogP contribution in [-0.2, 0) is 16.1 Å². The molecule has 0 radical (unpaired) electrons. The molecule has 3 rings (SSSR count). The Balaban J connectivity index is 0.000000298. The van der Waals surface area contributed by atoms with E-state index in [-0.39, 0.29) is 0 Å². The number of thiophene rings is 1. The highest BCUT2D eigenvalue weighted by atomic mass is 32.1. The van der Waals surface area contributed by atoms with Gasteiger partial charge in [0.15, 0.2) is 0 Å². The summed E-state index contributed by atoms with van der Waals surface area (Å²) in [6.45, 7) is 6.62. The number of likely N-dealkylation sites (tertiary alicyclic amines) is 2. The summed E-state index contributed by atoms with van der Waals surface area (Å²) in [5, 5.41) is 9.26. The summed E-state index contributed by atoms with van der Waals surface area (Å²) in [7, 11) is 0. The molecule has 1 aromatic heterocycles. The zero-order valence-electron chi connectivity index (χ0n) is 14.1. The van der Waals surface area contributed by atoms with Crippen molar-refractivity contribution in [1.82, 2.24) is 9.80 Å². The molecule has 0 aliphatic carbocycles. The van der Waals surface area contributed by atoms with E-state index in [9.17, 15) is 18.0 Å². The molecule has 26 heavy (non-hydrogen) atoms. The summed E-state index contributed by atoms with van der Waals surface area (Å²) >= 11 is 1.82. The van der Waals surface area contributed by atoms with Gasteiger partial charge in [0.1, 0.15) is 0 Å². The van der Waals surface area contributed by atoms with E-state index in [1.807, 2.05) is 22.3 Å². The van der Waals surface area contributed by atoms with Crippen LogP contribution in [0.15, 0.2) is 30.2 Å². The molecular formula is C17H21F3N2O3S. The molecule has 0 spiro atoms. The van der Waals surface area contributed by atoms with Gasteiger partial charge in [-0.25, -0.2) is 4.79 Å². The Bertz CT molecular complexity index is 634. The fourth-order valence-electron chi connectivity index (χ4n) is 3.41. The standard InChI is InChI=1S/C15H20N2OS.C2HF3O2/c1-2-8-17-14-7-9-16(11-12-4-3-10-19-12)13(14)5-6-15(17)18;3-2(4,5)1(6)7/h2-4,10,13-14H,1,5-9,11H2;(H,6,7)/t13-,14-;/m1./s1. The minimum atomic E-state index is -5.08. The van der Waals surface area contributed by atoms with Gasteiger partial charge in [0.25, 0.3) is 0 Å². The Morgan fingerprint density at radius 3 is 2.62 bits per heavy atom. The van der Waals surface area contributed by atoms with E-state index in [1.165, 1.54) is 4.88 Å². The van der Waals surface area contributed by atoms with Crippen molar-refractivity contribution in [3.05, 3.63) is 35.0 Å². The van der Waals surface area contributed by atoms with Crippen LogP contribution in [0.5, 0.6) is 0 Å². The second kappa shape index (κ2) is 8.68. The van der Waals surface area contributed by atoms with Crippen molar-refractivity contribution in [2.75, 3.05) is 13.1 Å². The van der Waals surface area contributed by atoms with E-state index in [2.05, 4.69) is 29.0 Å². The maximum absolute atomic E-state index is 12.0. The molecule has 0 bridgehead atoms. The molecule has 9 heteroatoms. The molecule has 0 saturated carbocycles. The molecular weight excluding hydrogens is 369 g/mol. The highest BCUT2D eigenvalue weighted by molar-refractivity contribution is 7.09. The van der Waals surface area contributed by atoms with E-state index < -0.39 is 12.1 Å². The topological polar surface area (TPSA) is 60.9 Å². The number of halogens is 3. The quantitative estimate of drug-likeness (QED) is 0.803. The number of aliphatic carboxylic acids is 1. The molecule has 3 heterocycles. The zero-order chi connectivity index (χ0) is 19.3. The third kappa shape index (κ3) is 5.07. The van der Waals surface area contributed by atoms with Crippen molar-refractivity contribution >= 4 is 23.2 Å². The van der Waals surface area contributed by atoms with Gasteiger partial charge in [-0.1, -0.05) is 12.1 Å². The zero-order valence-corrected chi connectivity index (χ0v) is 14.9. The van der Waals surface area contributed by atoms with Crippen molar-refractivity contribution in [1.29, 1.82) is 0 Å². The molecule has 1 amide bonds. The highest BCUT2D eigenvalue weighted by Gasteiger charge is 2.42. The first-order valence-electron chi connectivity index (χ1n) is 8.21. The monoisotopic (exact) mass is 390 g/mol. The molecule has 2 atom stereocenters. The lowest BCUT2D eigenvalue weighted by Gasteiger charge is -2.39. The number of hydrogen-bond acceptors (Lipinski definition) is 4. The van der Waals surface area contributed by atoms with Crippen molar-refractivity contribution < 1.29 is 27.9 Å². The first kappa shape index (κ1) is 20.4. The van der Waals surface area contributed by atoms with Crippen LogP contribution in [0.4, 0.5) is 13.2 Å². The van der Waals surface area contributed by atoms with Crippen molar-refractivity contribution in [3.63, 3.8) is 0 Å². The van der Waals surface area contributed by atoms with Gasteiger partial charge < -0.3 is 10.0 Å². The number of nitrogens with zero attached hydrogens (tertiary/aromatic N) is 2. The Morgan fingerprint density at radius 2 is 2.08 bits per heavy atom. The largest absolute Gasteiger partial charge is 0.490 e. The number of rotatable bonds is 4. The summed E-state index contributed by atoms with van der Waals surface area (Å²) in [6, 6.07) is 5.26. The normalized spacial score (nSPS) is 23.2. The van der Waals surface area contributed by atoms with Crippen molar-refractivity contribution in [2.45, 2.75) is 44.1 Å². The van der Waals surface area contributed by atoms with Crippen LogP contribution in [0.3, 0.4) is 0 Å². The minimum absolute atomic E-state index is 0.305. The Kier molecular flexibility index (Phi) is 6.82. The number of carbonyl (C=O) groups is 2. The van der Waals surface area contributed by atoms with Crippen molar-refractivity contribution in [3.8, 4) is 0 Å². The molecule has 2 fully saturated rings. The van der Waals surface area contributed by atoms with Crippen LogP contribution in [0, 0.1) is 0 Å². The molecule has 1 N–H and O–H groups in total. The number of fused-ring (bicyclic) bond motifs is 1. The fraction of sp³-hybridized carbons (Fsp3) is 0.529. The molecule has 0 aromatic carbocycles.